The van der Waals surface area contributed by atoms with E-state index in [1.54, 1.807) is 24.0 Å². The molecule has 0 bridgehead atoms. The molecular weight excluding hydrogens is 296 g/mol. The summed E-state index contributed by atoms with van der Waals surface area (Å²) in [6.07, 6.45) is 4.70. The van der Waals surface area contributed by atoms with Gasteiger partial charge in [-0.15, -0.1) is 5.10 Å². The highest BCUT2D eigenvalue weighted by Crippen LogP contribution is 2.09. The molecule has 0 spiro atoms. The topological polar surface area (TPSA) is 126 Å². The van der Waals surface area contributed by atoms with Crippen molar-refractivity contribution in [1.82, 2.24) is 25.0 Å². The highest BCUT2D eigenvalue weighted by Gasteiger charge is 2.07. The van der Waals surface area contributed by atoms with Gasteiger partial charge in [-0.1, -0.05) is 5.21 Å². The zero-order valence-electron chi connectivity index (χ0n) is 11.7. The van der Waals surface area contributed by atoms with Crippen LogP contribution in [0.4, 0.5) is 5.82 Å². The van der Waals surface area contributed by atoms with Gasteiger partial charge in [-0.25, -0.2) is 14.6 Å². The molecule has 2 aromatic heterocycles. The molecule has 0 aliphatic carbocycles. The molecule has 0 fully saturated rings. The van der Waals surface area contributed by atoms with Crippen LogP contribution in [-0.2, 0) is 27.3 Å². The van der Waals surface area contributed by atoms with Gasteiger partial charge in [-0.2, -0.15) is 8.42 Å². The van der Waals surface area contributed by atoms with Gasteiger partial charge < -0.3 is 5.73 Å². The predicted molar refractivity (Wildman–Crippen MR) is 74.8 cm³/mol. The first-order valence-electron chi connectivity index (χ1n) is 6.15. The summed E-state index contributed by atoms with van der Waals surface area (Å²) in [5, 5.41) is 7.88. The molecule has 2 heterocycles. The third-order valence-electron chi connectivity index (χ3n) is 2.59. The lowest BCUT2D eigenvalue weighted by Crippen LogP contribution is -2.07. The summed E-state index contributed by atoms with van der Waals surface area (Å²) in [5.74, 6) is 1.01. The molecule has 0 aliphatic heterocycles. The largest absolute Gasteiger partial charge is 0.383 e. The van der Waals surface area contributed by atoms with Crippen molar-refractivity contribution in [3.05, 3.63) is 29.5 Å². The van der Waals surface area contributed by atoms with Gasteiger partial charge in [0.25, 0.3) is 10.1 Å². The van der Waals surface area contributed by atoms with Crippen LogP contribution in [0, 0.1) is 6.92 Å². The van der Waals surface area contributed by atoms with Gasteiger partial charge in [-0.3, -0.25) is 4.18 Å². The zero-order valence-corrected chi connectivity index (χ0v) is 12.5. The Morgan fingerprint density at radius 2 is 2.19 bits per heavy atom. The molecule has 0 aromatic carbocycles. The average Bonchev–Trinajstić information content (AvgIpc) is 2.79. The lowest BCUT2D eigenvalue weighted by Gasteiger charge is -2.04. The van der Waals surface area contributed by atoms with Crippen LogP contribution in [0.2, 0.25) is 0 Å². The van der Waals surface area contributed by atoms with Gasteiger partial charge in [0, 0.05) is 24.4 Å². The maximum atomic E-state index is 10.8. The Labute approximate surface area is 122 Å². The van der Waals surface area contributed by atoms with E-state index in [-0.39, 0.29) is 6.61 Å². The SMILES string of the molecule is Cc1ncc(Cn2cc(CCOS(C)(=O)=O)nn2)c(N)n1. The van der Waals surface area contributed by atoms with Gasteiger partial charge in [-0.05, 0) is 6.92 Å². The van der Waals surface area contributed by atoms with E-state index in [1.807, 2.05) is 0 Å². The summed E-state index contributed by atoms with van der Waals surface area (Å²) in [6, 6.07) is 0. The summed E-state index contributed by atoms with van der Waals surface area (Å²) in [4.78, 5) is 8.15. The number of aromatic nitrogens is 5. The Bertz CT molecular complexity index is 727. The lowest BCUT2D eigenvalue weighted by atomic mass is 10.3. The van der Waals surface area contributed by atoms with Gasteiger partial charge in [0.15, 0.2) is 0 Å². The second kappa shape index (κ2) is 6.14. The quantitative estimate of drug-likeness (QED) is 0.709. The van der Waals surface area contributed by atoms with E-state index in [0.717, 1.165) is 11.8 Å². The zero-order chi connectivity index (χ0) is 15.5. The predicted octanol–water partition coefficient (Wildman–Crippen LogP) is -0.474. The number of anilines is 1. The number of nitrogens with zero attached hydrogens (tertiary/aromatic N) is 5. The molecule has 2 rings (SSSR count). The lowest BCUT2D eigenvalue weighted by molar-refractivity contribution is 0.324. The molecule has 2 N–H and O–H groups in total. The molecule has 114 valence electrons. The average molecular weight is 312 g/mol. The summed E-state index contributed by atoms with van der Waals surface area (Å²) in [5.41, 5.74) is 7.17. The Morgan fingerprint density at radius 1 is 1.43 bits per heavy atom. The van der Waals surface area contributed by atoms with Gasteiger partial charge >= 0.3 is 0 Å². The van der Waals surface area contributed by atoms with Crippen LogP contribution in [0.25, 0.3) is 0 Å². The van der Waals surface area contributed by atoms with Crippen molar-refractivity contribution in [2.24, 2.45) is 0 Å². The van der Waals surface area contributed by atoms with Crippen molar-refractivity contribution >= 4 is 15.9 Å². The van der Waals surface area contributed by atoms with Gasteiger partial charge in [0.2, 0.25) is 0 Å². The van der Waals surface area contributed by atoms with Crippen LogP contribution >= 0.6 is 0 Å². The maximum Gasteiger partial charge on any atom is 0.264 e. The summed E-state index contributed by atoms with van der Waals surface area (Å²) in [7, 11) is -3.43. The van der Waals surface area contributed by atoms with Crippen molar-refractivity contribution < 1.29 is 12.6 Å². The van der Waals surface area contributed by atoms with E-state index < -0.39 is 10.1 Å². The Morgan fingerprint density at radius 3 is 2.86 bits per heavy atom. The number of nitrogens with two attached hydrogens (primary N) is 1. The van der Waals surface area contributed by atoms with Crippen molar-refractivity contribution in [2.45, 2.75) is 19.9 Å². The van der Waals surface area contributed by atoms with Crippen LogP contribution in [-0.4, -0.2) is 46.2 Å². The fourth-order valence-electron chi connectivity index (χ4n) is 1.64. The molecule has 2 aromatic rings. The Balaban J connectivity index is 1.97. The minimum atomic E-state index is -3.43. The number of hydrogen-bond donors (Lipinski definition) is 1. The van der Waals surface area contributed by atoms with Gasteiger partial charge in [0.1, 0.15) is 11.6 Å². The first kappa shape index (κ1) is 15.3. The summed E-state index contributed by atoms with van der Waals surface area (Å²) in [6.45, 7) is 2.19. The van der Waals surface area contributed by atoms with E-state index in [0.29, 0.717) is 30.3 Å². The summed E-state index contributed by atoms with van der Waals surface area (Å²) < 4.78 is 27.9. The van der Waals surface area contributed by atoms with Crippen LogP contribution in [0.3, 0.4) is 0 Å². The van der Waals surface area contributed by atoms with Crippen molar-refractivity contribution in [3.8, 4) is 0 Å². The minimum Gasteiger partial charge on any atom is -0.383 e. The highest BCUT2D eigenvalue weighted by atomic mass is 32.2. The molecule has 0 atom stereocenters. The molecular formula is C11H16N6O3S. The van der Waals surface area contributed by atoms with Crippen LogP contribution < -0.4 is 5.73 Å². The van der Waals surface area contributed by atoms with E-state index >= 15 is 0 Å². The molecule has 0 saturated carbocycles. The summed E-state index contributed by atoms with van der Waals surface area (Å²) >= 11 is 0. The number of rotatable bonds is 6. The minimum absolute atomic E-state index is 0.0350. The first-order chi connectivity index (χ1) is 9.83. The molecule has 0 radical (unpaired) electrons. The van der Waals surface area contributed by atoms with Crippen LogP contribution in [0.15, 0.2) is 12.4 Å². The van der Waals surface area contributed by atoms with Crippen LogP contribution in [0.1, 0.15) is 17.1 Å². The van der Waals surface area contributed by atoms with Crippen molar-refractivity contribution in [3.63, 3.8) is 0 Å². The number of aryl methyl sites for hydroxylation is 1. The van der Waals surface area contributed by atoms with E-state index in [1.165, 1.54) is 0 Å². The van der Waals surface area contributed by atoms with E-state index in [4.69, 9.17) is 5.73 Å². The van der Waals surface area contributed by atoms with E-state index in [9.17, 15) is 8.42 Å². The fourth-order valence-corrected chi connectivity index (χ4v) is 2.02. The van der Waals surface area contributed by atoms with Gasteiger partial charge in [0.05, 0.1) is 25.1 Å². The molecule has 0 aliphatic rings. The normalized spacial score (nSPS) is 11.7. The van der Waals surface area contributed by atoms with Crippen LogP contribution in [0.5, 0.6) is 0 Å². The van der Waals surface area contributed by atoms with Crippen molar-refractivity contribution in [2.75, 3.05) is 18.6 Å². The highest BCUT2D eigenvalue weighted by molar-refractivity contribution is 7.85. The maximum absolute atomic E-state index is 10.8. The molecule has 0 saturated heterocycles. The third kappa shape index (κ3) is 4.76. The molecule has 0 unspecified atom stereocenters. The number of hydrogen-bond acceptors (Lipinski definition) is 8. The molecule has 9 nitrogen and oxygen atoms in total. The smallest absolute Gasteiger partial charge is 0.264 e. The monoisotopic (exact) mass is 312 g/mol. The molecule has 21 heavy (non-hydrogen) atoms. The molecule has 0 amide bonds. The Hall–Kier alpha value is -2.07. The van der Waals surface area contributed by atoms with Crippen molar-refractivity contribution in [1.29, 1.82) is 0 Å². The standard InChI is InChI=1S/C11H16N6O3S/c1-8-13-5-9(11(12)14-8)6-17-7-10(15-16-17)3-4-20-21(2,18)19/h5,7H,3-4,6H2,1-2H3,(H2,12,13,14). The number of nitrogen functional groups attached to an aromatic ring is 1. The second-order valence-electron chi connectivity index (χ2n) is 4.51. The molecule has 10 heteroatoms. The third-order valence-corrected chi connectivity index (χ3v) is 3.19. The van der Waals surface area contributed by atoms with E-state index in [2.05, 4.69) is 24.5 Å². The Kier molecular flexibility index (Phi) is 4.48. The first-order valence-corrected chi connectivity index (χ1v) is 7.96. The fraction of sp³-hybridized carbons (Fsp3) is 0.455. The second-order valence-corrected chi connectivity index (χ2v) is 6.16.